The molecule has 112 valence electrons. The van der Waals surface area contributed by atoms with Gasteiger partial charge >= 0.3 is 6.61 Å². The zero-order chi connectivity index (χ0) is 15.4. The molecule has 0 bridgehead atoms. The van der Waals surface area contributed by atoms with Crippen LogP contribution in [0.1, 0.15) is 17.2 Å². The van der Waals surface area contributed by atoms with Gasteiger partial charge in [-0.3, -0.25) is 0 Å². The van der Waals surface area contributed by atoms with E-state index in [0.29, 0.717) is 5.56 Å². The lowest BCUT2D eigenvalue weighted by molar-refractivity contribution is -0.0498. The van der Waals surface area contributed by atoms with E-state index in [1.807, 2.05) is 0 Å². The normalized spacial score (nSPS) is 12.5. The van der Waals surface area contributed by atoms with E-state index in [0.717, 1.165) is 10.0 Å². The van der Waals surface area contributed by atoms with Crippen molar-refractivity contribution in [2.24, 2.45) is 0 Å². The molecule has 1 atom stereocenters. The van der Waals surface area contributed by atoms with E-state index in [-0.39, 0.29) is 17.6 Å². The molecule has 2 nitrogen and oxygen atoms in total. The van der Waals surface area contributed by atoms with Crippen LogP contribution in [0.2, 0.25) is 0 Å². The van der Waals surface area contributed by atoms with E-state index < -0.39 is 6.61 Å². The van der Waals surface area contributed by atoms with Crippen LogP contribution in [0.3, 0.4) is 0 Å². The number of rotatable bonds is 5. The van der Waals surface area contributed by atoms with E-state index >= 15 is 0 Å². The number of nitrogens with one attached hydrogen (secondary N) is 1. The maximum absolute atomic E-state index is 14.0. The first kappa shape index (κ1) is 15.9. The third kappa shape index (κ3) is 3.98. The molecular formula is C15H13BrF3NO. The van der Waals surface area contributed by atoms with Gasteiger partial charge in [-0.25, -0.2) is 4.39 Å². The molecule has 0 aliphatic heterocycles. The summed E-state index contributed by atoms with van der Waals surface area (Å²) in [5.74, 6) is -0.274. The standard InChI is InChI=1S/C15H13BrF3NO/c1-20-14(12-8-10(16)4-7-13(12)17)9-2-5-11(6-3-9)21-15(18)19/h2-8,14-15,20H,1H3. The van der Waals surface area contributed by atoms with E-state index in [2.05, 4.69) is 26.0 Å². The van der Waals surface area contributed by atoms with Crippen molar-refractivity contribution in [2.45, 2.75) is 12.7 Å². The zero-order valence-electron chi connectivity index (χ0n) is 11.1. The second kappa shape index (κ2) is 6.95. The Bertz CT molecular complexity index is 604. The van der Waals surface area contributed by atoms with Gasteiger partial charge in [0, 0.05) is 10.0 Å². The van der Waals surface area contributed by atoms with E-state index in [1.54, 1.807) is 31.3 Å². The minimum absolute atomic E-state index is 0.0679. The predicted octanol–water partition coefficient (Wildman–Crippen LogP) is 4.50. The SMILES string of the molecule is CNC(c1ccc(OC(F)F)cc1)c1cc(Br)ccc1F. The highest BCUT2D eigenvalue weighted by Gasteiger charge is 2.17. The van der Waals surface area contributed by atoms with E-state index in [1.165, 1.54) is 18.2 Å². The third-order valence-corrected chi connectivity index (χ3v) is 3.49. The van der Waals surface area contributed by atoms with Crippen LogP contribution in [0.5, 0.6) is 5.75 Å². The van der Waals surface area contributed by atoms with Crippen molar-refractivity contribution < 1.29 is 17.9 Å². The highest BCUT2D eigenvalue weighted by molar-refractivity contribution is 9.10. The second-order valence-corrected chi connectivity index (χ2v) is 5.25. The van der Waals surface area contributed by atoms with Crippen LogP contribution >= 0.6 is 15.9 Å². The van der Waals surface area contributed by atoms with Crippen molar-refractivity contribution in [3.05, 3.63) is 63.9 Å². The van der Waals surface area contributed by atoms with Crippen molar-refractivity contribution >= 4 is 15.9 Å². The molecule has 6 heteroatoms. The summed E-state index contributed by atoms with van der Waals surface area (Å²) in [6.07, 6.45) is 0. The first-order chi connectivity index (χ1) is 10.0. The third-order valence-electron chi connectivity index (χ3n) is 3.00. The number of halogens is 4. The molecule has 2 aromatic rings. The summed E-state index contributed by atoms with van der Waals surface area (Å²) in [4.78, 5) is 0. The molecule has 2 rings (SSSR count). The Morgan fingerprint density at radius 3 is 2.33 bits per heavy atom. The molecule has 0 aliphatic carbocycles. The van der Waals surface area contributed by atoms with Crippen LogP contribution in [0.15, 0.2) is 46.9 Å². The van der Waals surface area contributed by atoms with E-state index in [9.17, 15) is 13.2 Å². The van der Waals surface area contributed by atoms with Crippen molar-refractivity contribution in [3.63, 3.8) is 0 Å². The second-order valence-electron chi connectivity index (χ2n) is 4.34. The smallest absolute Gasteiger partial charge is 0.387 e. The van der Waals surface area contributed by atoms with Gasteiger partial charge in [0.25, 0.3) is 0 Å². The van der Waals surface area contributed by atoms with Gasteiger partial charge in [-0.05, 0) is 42.9 Å². The summed E-state index contributed by atoms with van der Waals surface area (Å²) in [7, 11) is 1.70. The number of benzene rings is 2. The van der Waals surface area contributed by atoms with Crippen molar-refractivity contribution in [1.82, 2.24) is 5.32 Å². The molecule has 1 N–H and O–H groups in total. The molecule has 1 unspecified atom stereocenters. The average molecular weight is 360 g/mol. The summed E-state index contributed by atoms with van der Waals surface area (Å²) in [5.41, 5.74) is 1.21. The van der Waals surface area contributed by atoms with Gasteiger partial charge < -0.3 is 10.1 Å². The van der Waals surface area contributed by atoms with Gasteiger partial charge in [-0.1, -0.05) is 28.1 Å². The molecular weight excluding hydrogens is 347 g/mol. The van der Waals surface area contributed by atoms with Crippen molar-refractivity contribution in [1.29, 1.82) is 0 Å². The van der Waals surface area contributed by atoms with Crippen molar-refractivity contribution in [2.75, 3.05) is 7.05 Å². The average Bonchev–Trinajstić information content (AvgIpc) is 2.44. The van der Waals surface area contributed by atoms with Crippen LogP contribution < -0.4 is 10.1 Å². The molecule has 0 heterocycles. The lowest BCUT2D eigenvalue weighted by atomic mass is 9.98. The minimum atomic E-state index is -2.86. The van der Waals surface area contributed by atoms with Crippen LogP contribution in [0.4, 0.5) is 13.2 Å². The number of hydrogen-bond donors (Lipinski definition) is 1. The highest BCUT2D eigenvalue weighted by Crippen LogP contribution is 2.28. The van der Waals surface area contributed by atoms with Gasteiger partial charge in [-0.2, -0.15) is 8.78 Å². The Morgan fingerprint density at radius 1 is 1.10 bits per heavy atom. The Balaban J connectivity index is 2.31. The summed E-state index contributed by atoms with van der Waals surface area (Å²) in [5, 5.41) is 3.01. The van der Waals surface area contributed by atoms with Crippen LogP contribution in [-0.2, 0) is 0 Å². The highest BCUT2D eigenvalue weighted by atomic mass is 79.9. The molecule has 0 aliphatic rings. The molecule has 0 amide bonds. The first-order valence-corrected chi connectivity index (χ1v) is 6.97. The van der Waals surface area contributed by atoms with Crippen LogP contribution in [0.25, 0.3) is 0 Å². The molecule has 0 saturated carbocycles. The summed E-state index contributed by atoms with van der Waals surface area (Å²) in [6.45, 7) is -2.86. The Labute approximate surface area is 129 Å². The largest absolute Gasteiger partial charge is 0.435 e. The quantitative estimate of drug-likeness (QED) is 0.848. The van der Waals surface area contributed by atoms with Crippen molar-refractivity contribution in [3.8, 4) is 5.75 Å². The van der Waals surface area contributed by atoms with Gasteiger partial charge in [0.2, 0.25) is 0 Å². The fourth-order valence-electron chi connectivity index (χ4n) is 2.08. The fraction of sp³-hybridized carbons (Fsp3) is 0.200. The first-order valence-electron chi connectivity index (χ1n) is 6.18. The molecule has 2 aromatic carbocycles. The van der Waals surface area contributed by atoms with Gasteiger partial charge in [0.1, 0.15) is 11.6 Å². The monoisotopic (exact) mass is 359 g/mol. The Hall–Kier alpha value is -1.53. The molecule has 0 spiro atoms. The summed E-state index contributed by atoms with van der Waals surface area (Å²) >= 11 is 3.31. The maximum Gasteiger partial charge on any atom is 0.387 e. The number of hydrogen-bond acceptors (Lipinski definition) is 2. The molecule has 0 saturated heterocycles. The minimum Gasteiger partial charge on any atom is -0.435 e. The topological polar surface area (TPSA) is 21.3 Å². The molecule has 0 fully saturated rings. The van der Waals surface area contributed by atoms with Gasteiger partial charge in [-0.15, -0.1) is 0 Å². The molecule has 0 radical (unpaired) electrons. The maximum atomic E-state index is 14.0. The molecule has 0 aromatic heterocycles. The number of ether oxygens (including phenoxy) is 1. The fourth-order valence-corrected chi connectivity index (χ4v) is 2.46. The lowest BCUT2D eigenvalue weighted by Crippen LogP contribution is -2.19. The van der Waals surface area contributed by atoms with Crippen LogP contribution in [0, 0.1) is 5.82 Å². The van der Waals surface area contributed by atoms with Gasteiger partial charge in [0.15, 0.2) is 0 Å². The summed E-state index contributed by atoms with van der Waals surface area (Å²) < 4.78 is 43.3. The lowest BCUT2D eigenvalue weighted by Gasteiger charge is -2.18. The van der Waals surface area contributed by atoms with Gasteiger partial charge in [0.05, 0.1) is 6.04 Å². The van der Waals surface area contributed by atoms with E-state index in [4.69, 9.17) is 0 Å². The number of alkyl halides is 2. The Kier molecular flexibility index (Phi) is 5.25. The Morgan fingerprint density at radius 2 is 1.76 bits per heavy atom. The predicted molar refractivity (Wildman–Crippen MR) is 78.1 cm³/mol. The molecule has 21 heavy (non-hydrogen) atoms. The summed E-state index contributed by atoms with van der Waals surface area (Å²) in [6, 6.07) is 10.4. The van der Waals surface area contributed by atoms with Crippen LogP contribution in [-0.4, -0.2) is 13.7 Å². The zero-order valence-corrected chi connectivity index (χ0v) is 12.7.